The summed E-state index contributed by atoms with van der Waals surface area (Å²) < 4.78 is 0. The Bertz CT molecular complexity index is 316. The van der Waals surface area contributed by atoms with Gasteiger partial charge in [0.2, 0.25) is 0 Å². The van der Waals surface area contributed by atoms with Crippen LogP contribution in [0, 0.1) is 0 Å². The van der Waals surface area contributed by atoms with Crippen LogP contribution in [0.4, 0.5) is 0 Å². The summed E-state index contributed by atoms with van der Waals surface area (Å²) in [6, 6.07) is 0. The number of hydrogen-bond donors (Lipinski definition) is 4. The lowest BCUT2D eigenvalue weighted by atomic mass is 10.1. The number of nitrogens with one attached hydrogen (secondary N) is 4. The van der Waals surface area contributed by atoms with Gasteiger partial charge in [-0.15, -0.1) is 0 Å². The van der Waals surface area contributed by atoms with Crippen molar-refractivity contribution in [2.45, 2.75) is 26.7 Å². The Kier molecular flexibility index (Phi) is 9.03. The van der Waals surface area contributed by atoms with Crippen LogP contribution in [0.15, 0.2) is 10.2 Å². The fraction of sp³-hybridized carbons (Fsp3) is 0.600. The number of rotatable bonds is 5. The van der Waals surface area contributed by atoms with Crippen molar-refractivity contribution in [2.75, 3.05) is 14.1 Å². The molecule has 0 spiro atoms. The van der Waals surface area contributed by atoms with Crippen LogP contribution >= 0.6 is 24.4 Å². The molecule has 0 saturated carbocycles. The summed E-state index contributed by atoms with van der Waals surface area (Å²) in [5.41, 5.74) is 7.17. The lowest BCUT2D eigenvalue weighted by Gasteiger charge is -2.09. The van der Waals surface area contributed by atoms with Gasteiger partial charge in [-0.05, 0) is 37.3 Å². The first-order valence-corrected chi connectivity index (χ1v) is 6.49. The van der Waals surface area contributed by atoms with Crippen molar-refractivity contribution < 1.29 is 0 Å². The summed E-state index contributed by atoms with van der Waals surface area (Å²) in [5, 5.41) is 14.9. The largest absolute Gasteiger partial charge is 0.364 e. The summed E-state index contributed by atoms with van der Waals surface area (Å²) in [6.45, 7) is 4.01. The quantitative estimate of drug-likeness (QED) is 0.339. The van der Waals surface area contributed by atoms with E-state index >= 15 is 0 Å². The highest BCUT2D eigenvalue weighted by Crippen LogP contribution is 1.95. The van der Waals surface area contributed by atoms with Crippen LogP contribution in [0.3, 0.4) is 0 Å². The second-order valence-corrected chi connectivity index (χ2v) is 4.02. The van der Waals surface area contributed by atoms with Gasteiger partial charge in [-0.25, -0.2) is 0 Å². The van der Waals surface area contributed by atoms with Gasteiger partial charge < -0.3 is 10.6 Å². The lowest BCUT2D eigenvalue weighted by molar-refractivity contribution is 0.952. The Labute approximate surface area is 119 Å². The van der Waals surface area contributed by atoms with Crippen LogP contribution in [0.5, 0.6) is 0 Å². The van der Waals surface area contributed by atoms with Crippen LogP contribution in [0.25, 0.3) is 0 Å². The van der Waals surface area contributed by atoms with Crippen molar-refractivity contribution in [1.82, 2.24) is 21.5 Å². The van der Waals surface area contributed by atoms with Crippen LogP contribution in [0.1, 0.15) is 26.7 Å². The highest BCUT2D eigenvalue weighted by atomic mass is 32.1. The van der Waals surface area contributed by atoms with Crippen molar-refractivity contribution in [3.8, 4) is 0 Å². The number of hydrogen-bond acceptors (Lipinski definition) is 4. The molecule has 0 aliphatic rings. The maximum absolute atomic E-state index is 4.95. The topological polar surface area (TPSA) is 72.8 Å². The molecule has 4 N–H and O–H groups in total. The van der Waals surface area contributed by atoms with Gasteiger partial charge in [0, 0.05) is 14.1 Å². The van der Waals surface area contributed by atoms with E-state index < -0.39 is 0 Å². The zero-order valence-electron chi connectivity index (χ0n) is 11.1. The molecule has 0 atom stereocenters. The van der Waals surface area contributed by atoms with E-state index in [2.05, 4.69) is 31.7 Å². The highest BCUT2D eigenvalue weighted by Gasteiger charge is 2.06. The Balaban J connectivity index is 4.75. The van der Waals surface area contributed by atoms with Crippen molar-refractivity contribution in [1.29, 1.82) is 0 Å². The predicted molar refractivity (Wildman–Crippen MR) is 85.0 cm³/mol. The SMILES string of the molecule is CCC(=N/NC(=S)NC)/C(CC)=N/NC(=S)NC. The Morgan fingerprint density at radius 3 is 1.39 bits per heavy atom. The zero-order valence-corrected chi connectivity index (χ0v) is 12.8. The second-order valence-electron chi connectivity index (χ2n) is 3.21. The maximum Gasteiger partial charge on any atom is 0.186 e. The number of nitrogens with zero attached hydrogens (tertiary/aromatic N) is 2. The predicted octanol–water partition coefficient (Wildman–Crippen LogP) is 0.706. The first-order chi connectivity index (χ1) is 8.58. The van der Waals surface area contributed by atoms with Gasteiger partial charge in [0.1, 0.15) is 0 Å². The van der Waals surface area contributed by atoms with Gasteiger partial charge in [0.15, 0.2) is 10.2 Å². The zero-order chi connectivity index (χ0) is 14.0. The minimum atomic E-state index is 0.468. The first kappa shape index (κ1) is 16.7. The van der Waals surface area contributed by atoms with E-state index in [9.17, 15) is 0 Å². The molecule has 0 amide bonds. The minimum Gasteiger partial charge on any atom is -0.364 e. The van der Waals surface area contributed by atoms with E-state index in [-0.39, 0.29) is 0 Å². The third-order valence-corrected chi connectivity index (χ3v) is 2.63. The molecular formula is C10H20N6S2. The number of hydrazone groups is 2. The molecule has 0 heterocycles. The van der Waals surface area contributed by atoms with E-state index in [0.29, 0.717) is 10.2 Å². The molecule has 6 nitrogen and oxygen atoms in total. The molecule has 8 heteroatoms. The van der Waals surface area contributed by atoms with Crippen LogP contribution in [0.2, 0.25) is 0 Å². The summed E-state index contributed by atoms with van der Waals surface area (Å²) >= 11 is 9.91. The van der Waals surface area contributed by atoms with Crippen LogP contribution in [-0.4, -0.2) is 35.7 Å². The van der Waals surface area contributed by atoms with Crippen molar-refractivity contribution in [3.63, 3.8) is 0 Å². The third-order valence-electron chi connectivity index (χ3n) is 2.04. The maximum atomic E-state index is 4.95. The summed E-state index contributed by atoms with van der Waals surface area (Å²) in [6.07, 6.45) is 1.50. The van der Waals surface area contributed by atoms with Gasteiger partial charge >= 0.3 is 0 Å². The minimum absolute atomic E-state index is 0.468. The average molecular weight is 288 g/mol. The van der Waals surface area contributed by atoms with E-state index in [1.165, 1.54) is 0 Å². The van der Waals surface area contributed by atoms with E-state index in [4.69, 9.17) is 24.4 Å². The second kappa shape index (κ2) is 9.72. The molecule has 0 aromatic rings. The van der Waals surface area contributed by atoms with Crippen molar-refractivity contribution in [2.24, 2.45) is 10.2 Å². The van der Waals surface area contributed by atoms with Crippen molar-refractivity contribution >= 4 is 46.1 Å². The smallest absolute Gasteiger partial charge is 0.186 e. The van der Waals surface area contributed by atoms with E-state index in [1.54, 1.807) is 14.1 Å². The molecule has 0 radical (unpaired) electrons. The van der Waals surface area contributed by atoms with Gasteiger partial charge in [-0.3, -0.25) is 10.9 Å². The molecule has 0 aliphatic heterocycles. The summed E-state index contributed by atoms with van der Waals surface area (Å²) in [5.74, 6) is 0. The molecule has 0 aliphatic carbocycles. The molecule has 102 valence electrons. The molecule has 18 heavy (non-hydrogen) atoms. The van der Waals surface area contributed by atoms with Crippen LogP contribution in [-0.2, 0) is 0 Å². The lowest BCUT2D eigenvalue weighted by Crippen LogP contribution is -2.32. The third kappa shape index (κ3) is 6.45. The normalized spacial score (nSPS) is 11.8. The fourth-order valence-corrected chi connectivity index (χ4v) is 1.13. The molecule has 0 unspecified atom stereocenters. The molecule has 0 bridgehead atoms. The molecule has 0 saturated heterocycles. The molecule has 0 aromatic carbocycles. The monoisotopic (exact) mass is 288 g/mol. The van der Waals surface area contributed by atoms with Gasteiger partial charge in [0.05, 0.1) is 11.4 Å². The standard InChI is InChI=1S/C10H20N6S2/c1-5-7(13-15-9(17)11-3)8(6-2)14-16-10(18)12-4/h5-6H2,1-4H3,(H2,11,15,17)(H2,12,16,18)/b13-7-,14-8+. The highest BCUT2D eigenvalue weighted by molar-refractivity contribution is 7.80. The van der Waals surface area contributed by atoms with Gasteiger partial charge in [0.25, 0.3) is 0 Å². The Morgan fingerprint density at radius 1 is 0.833 bits per heavy atom. The average Bonchev–Trinajstić information content (AvgIpc) is 2.41. The van der Waals surface area contributed by atoms with Crippen LogP contribution < -0.4 is 21.5 Å². The van der Waals surface area contributed by atoms with Gasteiger partial charge in [-0.2, -0.15) is 10.2 Å². The van der Waals surface area contributed by atoms with E-state index in [0.717, 1.165) is 24.3 Å². The Hall–Kier alpha value is -1.28. The summed E-state index contributed by atoms with van der Waals surface area (Å²) in [7, 11) is 3.47. The van der Waals surface area contributed by atoms with Gasteiger partial charge in [-0.1, -0.05) is 13.8 Å². The Morgan fingerprint density at radius 2 is 1.17 bits per heavy atom. The molecule has 0 aromatic heterocycles. The summed E-state index contributed by atoms with van der Waals surface area (Å²) in [4.78, 5) is 0. The van der Waals surface area contributed by atoms with E-state index in [1.807, 2.05) is 13.8 Å². The molecule has 0 rings (SSSR count). The molecular weight excluding hydrogens is 268 g/mol. The van der Waals surface area contributed by atoms with Crippen molar-refractivity contribution in [3.05, 3.63) is 0 Å². The first-order valence-electron chi connectivity index (χ1n) is 5.67. The number of thiocarbonyl (C=S) groups is 2. The molecule has 0 fully saturated rings. The fourth-order valence-electron chi connectivity index (χ4n) is 1.04.